The highest BCUT2D eigenvalue weighted by atomic mass is 79.9. The SMILES string of the molecule is COc1cc2ncnc(Nc3ccc(F)c(Cl)c3)c2cc1OCCOCCNC(=O)COc1c(Br)cc(/C=C2\C(=O)Nc3ccc(C)cc32)cc1Br. The quantitative estimate of drug-likeness (QED) is 0.0749. The summed E-state index contributed by atoms with van der Waals surface area (Å²) in [5.74, 6) is 0.841. The van der Waals surface area contributed by atoms with Crippen molar-refractivity contribution in [3.05, 3.63) is 103 Å². The van der Waals surface area contributed by atoms with Crippen molar-refractivity contribution in [1.82, 2.24) is 15.3 Å². The fourth-order valence-corrected chi connectivity index (χ4v) is 6.95. The minimum atomic E-state index is -0.521. The Morgan fingerprint density at radius 2 is 1.79 bits per heavy atom. The van der Waals surface area contributed by atoms with Crippen molar-refractivity contribution in [3.63, 3.8) is 0 Å². The molecular weight excluding hydrogens is 825 g/mol. The van der Waals surface area contributed by atoms with E-state index in [1.807, 2.05) is 43.3 Å². The predicted octanol–water partition coefficient (Wildman–Crippen LogP) is 8.09. The van der Waals surface area contributed by atoms with Gasteiger partial charge in [0.15, 0.2) is 18.1 Å². The number of rotatable bonds is 14. The normalized spacial score (nSPS) is 12.8. The maximum Gasteiger partial charge on any atom is 0.258 e. The van der Waals surface area contributed by atoms with E-state index in [0.717, 1.165) is 22.4 Å². The zero-order valence-corrected chi connectivity index (χ0v) is 31.7. The van der Waals surface area contributed by atoms with Gasteiger partial charge in [0.1, 0.15) is 30.3 Å². The second-order valence-corrected chi connectivity index (χ2v) is 13.6. The number of carbonyl (C=O) groups is 2. The van der Waals surface area contributed by atoms with E-state index in [2.05, 4.69) is 57.8 Å². The molecule has 4 aromatic carbocycles. The Hall–Kier alpha value is -4.76. The van der Waals surface area contributed by atoms with Crippen LogP contribution >= 0.6 is 43.5 Å². The number of hydrogen-bond donors (Lipinski definition) is 3. The van der Waals surface area contributed by atoms with E-state index >= 15 is 0 Å². The van der Waals surface area contributed by atoms with Gasteiger partial charge < -0.3 is 34.9 Å². The third kappa shape index (κ3) is 8.81. The van der Waals surface area contributed by atoms with Gasteiger partial charge in [0.2, 0.25) is 0 Å². The number of ether oxygens (including phenoxy) is 4. The van der Waals surface area contributed by atoms with Crippen LogP contribution in [0.3, 0.4) is 0 Å². The van der Waals surface area contributed by atoms with Crippen LogP contribution in [0.15, 0.2) is 75.9 Å². The monoisotopic (exact) mass is 853 g/mol. The number of hydrogen-bond acceptors (Lipinski definition) is 9. The average Bonchev–Trinajstić information content (AvgIpc) is 3.42. The molecule has 268 valence electrons. The van der Waals surface area contributed by atoms with Crippen molar-refractivity contribution >= 4 is 95.0 Å². The third-order valence-electron chi connectivity index (χ3n) is 7.79. The molecule has 0 saturated heterocycles. The van der Waals surface area contributed by atoms with Gasteiger partial charge in [0.25, 0.3) is 11.8 Å². The summed E-state index contributed by atoms with van der Waals surface area (Å²) in [6.45, 7) is 2.72. The van der Waals surface area contributed by atoms with E-state index in [9.17, 15) is 14.0 Å². The molecule has 0 unspecified atom stereocenters. The predicted molar refractivity (Wildman–Crippen MR) is 205 cm³/mol. The van der Waals surface area contributed by atoms with Crippen LogP contribution in [0.25, 0.3) is 22.6 Å². The molecule has 5 aromatic rings. The lowest BCUT2D eigenvalue weighted by molar-refractivity contribution is -0.123. The van der Waals surface area contributed by atoms with Gasteiger partial charge in [0.05, 0.1) is 39.8 Å². The largest absolute Gasteiger partial charge is 0.493 e. The number of nitrogens with one attached hydrogen (secondary N) is 3. The van der Waals surface area contributed by atoms with Gasteiger partial charge in [0, 0.05) is 40.5 Å². The van der Waals surface area contributed by atoms with E-state index in [1.54, 1.807) is 18.2 Å². The number of benzene rings is 4. The number of aryl methyl sites for hydroxylation is 1. The lowest BCUT2D eigenvalue weighted by Crippen LogP contribution is -2.32. The van der Waals surface area contributed by atoms with Crippen LogP contribution in [-0.4, -0.2) is 61.9 Å². The first-order valence-corrected chi connectivity index (χ1v) is 17.8. The van der Waals surface area contributed by atoms with Crippen LogP contribution in [0.1, 0.15) is 16.7 Å². The first-order valence-electron chi connectivity index (χ1n) is 15.9. The highest BCUT2D eigenvalue weighted by Gasteiger charge is 2.24. The molecule has 3 N–H and O–H groups in total. The molecule has 2 amide bonds. The van der Waals surface area contributed by atoms with Gasteiger partial charge in [-0.05, 0) is 99.0 Å². The number of aromatic nitrogens is 2. The Morgan fingerprint density at radius 1 is 0.981 bits per heavy atom. The molecule has 0 fully saturated rings. The van der Waals surface area contributed by atoms with Crippen molar-refractivity contribution in [2.45, 2.75) is 6.92 Å². The van der Waals surface area contributed by atoms with Gasteiger partial charge in [-0.25, -0.2) is 14.4 Å². The molecule has 0 radical (unpaired) electrons. The topological polar surface area (TPSA) is 133 Å². The zero-order chi connectivity index (χ0) is 36.8. The van der Waals surface area contributed by atoms with Crippen molar-refractivity contribution in [2.75, 3.05) is 50.7 Å². The third-order valence-corrected chi connectivity index (χ3v) is 9.26. The van der Waals surface area contributed by atoms with Gasteiger partial charge in [-0.1, -0.05) is 23.2 Å². The number of fused-ring (bicyclic) bond motifs is 2. The Bertz CT molecular complexity index is 2180. The maximum absolute atomic E-state index is 13.6. The van der Waals surface area contributed by atoms with Crippen LogP contribution < -0.4 is 30.2 Å². The number of nitrogens with zero attached hydrogens (tertiary/aromatic N) is 2. The highest BCUT2D eigenvalue weighted by molar-refractivity contribution is 9.11. The fourth-order valence-electron chi connectivity index (χ4n) is 5.32. The van der Waals surface area contributed by atoms with Crippen LogP contribution in [0.2, 0.25) is 5.02 Å². The number of amides is 2. The van der Waals surface area contributed by atoms with Gasteiger partial charge in [-0.3, -0.25) is 9.59 Å². The summed E-state index contributed by atoms with van der Waals surface area (Å²) in [7, 11) is 1.53. The van der Waals surface area contributed by atoms with Gasteiger partial charge in [-0.15, -0.1) is 0 Å². The zero-order valence-electron chi connectivity index (χ0n) is 27.8. The molecule has 1 aromatic heterocycles. The molecule has 1 aliphatic rings. The number of anilines is 3. The summed E-state index contributed by atoms with van der Waals surface area (Å²) in [6.07, 6.45) is 3.22. The molecule has 0 aliphatic carbocycles. The van der Waals surface area contributed by atoms with E-state index in [1.165, 1.54) is 25.6 Å². The minimum absolute atomic E-state index is 0.0149. The molecular formula is C37H31Br2ClFN5O6. The maximum atomic E-state index is 13.6. The summed E-state index contributed by atoms with van der Waals surface area (Å²) in [5, 5.41) is 9.43. The molecule has 0 bridgehead atoms. The van der Waals surface area contributed by atoms with Crippen molar-refractivity contribution in [3.8, 4) is 17.2 Å². The molecule has 0 atom stereocenters. The summed E-state index contributed by atoms with van der Waals surface area (Å²) in [4.78, 5) is 33.7. The average molecular weight is 856 g/mol. The molecule has 15 heteroatoms. The first kappa shape index (κ1) is 37.0. The van der Waals surface area contributed by atoms with E-state index < -0.39 is 5.82 Å². The van der Waals surface area contributed by atoms with Crippen LogP contribution in [0, 0.1) is 12.7 Å². The van der Waals surface area contributed by atoms with E-state index in [0.29, 0.717) is 54.2 Å². The number of carbonyl (C=O) groups excluding carboxylic acids is 2. The first-order chi connectivity index (χ1) is 25.1. The number of methoxy groups -OCH3 is 1. The second-order valence-electron chi connectivity index (χ2n) is 11.5. The minimum Gasteiger partial charge on any atom is -0.493 e. The van der Waals surface area contributed by atoms with Gasteiger partial charge >= 0.3 is 0 Å². The fraction of sp³-hybridized carbons (Fsp3) is 0.189. The Morgan fingerprint density at radius 3 is 2.56 bits per heavy atom. The van der Waals surface area contributed by atoms with Crippen molar-refractivity contribution in [2.24, 2.45) is 0 Å². The van der Waals surface area contributed by atoms with Crippen LogP contribution in [0.4, 0.5) is 21.6 Å². The molecule has 11 nitrogen and oxygen atoms in total. The smallest absolute Gasteiger partial charge is 0.258 e. The molecule has 52 heavy (non-hydrogen) atoms. The van der Waals surface area contributed by atoms with E-state index in [4.69, 9.17) is 30.5 Å². The van der Waals surface area contributed by atoms with Crippen LogP contribution in [-0.2, 0) is 14.3 Å². The Balaban J connectivity index is 0.957. The summed E-state index contributed by atoms with van der Waals surface area (Å²) >= 11 is 13.0. The molecule has 0 saturated carbocycles. The molecule has 0 spiro atoms. The highest BCUT2D eigenvalue weighted by Crippen LogP contribution is 2.39. The van der Waals surface area contributed by atoms with Crippen molar-refractivity contribution in [1.29, 1.82) is 0 Å². The summed E-state index contributed by atoms with van der Waals surface area (Å²) in [5.41, 5.74) is 5.20. The Labute approximate surface area is 320 Å². The summed E-state index contributed by atoms with van der Waals surface area (Å²) < 4.78 is 37.7. The molecule has 1 aliphatic heterocycles. The van der Waals surface area contributed by atoms with Gasteiger partial charge in [-0.2, -0.15) is 0 Å². The van der Waals surface area contributed by atoms with Crippen molar-refractivity contribution < 1.29 is 32.9 Å². The lowest BCUT2D eigenvalue weighted by Gasteiger charge is -2.14. The lowest BCUT2D eigenvalue weighted by atomic mass is 10.0. The second kappa shape index (κ2) is 16.7. The Kier molecular flexibility index (Phi) is 11.9. The molecule has 6 rings (SSSR count). The summed E-state index contributed by atoms with van der Waals surface area (Å²) in [6, 6.07) is 17.2. The number of halogens is 4. The van der Waals surface area contributed by atoms with Crippen LogP contribution in [0.5, 0.6) is 17.2 Å². The standard InChI is InChI=1S/C37H31Br2ClFN5O6/c1-20-3-6-30-23(11-20)24(37(48)46-30)12-21-13-26(38)35(27(39)14-21)52-18-34(47)42-7-8-50-9-10-51-33-16-25-31(17-32(33)49-2)43-19-44-36(25)45-22-4-5-29(41)28(40)15-22/h3-6,11-17,19H,7-10,18H2,1-2H3,(H,42,47)(H,46,48)(H,43,44,45)/b24-12-. The molecule has 2 heterocycles. The van der Waals surface area contributed by atoms with E-state index in [-0.39, 0.29) is 49.8 Å².